The molecule has 0 saturated heterocycles. The number of nitrogens with one attached hydrogen (secondary N) is 2. The Kier molecular flexibility index (Phi) is 3.68. The van der Waals surface area contributed by atoms with Gasteiger partial charge in [-0.25, -0.2) is 0 Å². The van der Waals surface area contributed by atoms with Gasteiger partial charge in [-0.05, 0) is 24.5 Å². The number of hydrogen-bond acceptors (Lipinski definition) is 4. The summed E-state index contributed by atoms with van der Waals surface area (Å²) in [6, 6.07) is 4.09. The van der Waals surface area contributed by atoms with Crippen LogP contribution in [-0.4, -0.2) is 22.7 Å². The summed E-state index contributed by atoms with van der Waals surface area (Å²) in [7, 11) is 1.61. The molecule has 1 saturated carbocycles. The van der Waals surface area contributed by atoms with Crippen molar-refractivity contribution in [2.45, 2.75) is 32.4 Å². The van der Waals surface area contributed by atoms with Gasteiger partial charge in [0, 0.05) is 19.2 Å². The lowest BCUT2D eigenvalue weighted by Crippen LogP contribution is -2.23. The normalized spacial score (nSPS) is 20.3. The lowest BCUT2D eigenvalue weighted by atomic mass is 10.3. The lowest BCUT2D eigenvalue weighted by molar-refractivity contribution is -0.121. The van der Waals surface area contributed by atoms with Gasteiger partial charge in [0.1, 0.15) is 18.1 Å². The van der Waals surface area contributed by atoms with Crippen molar-refractivity contribution in [1.29, 1.82) is 0 Å². The highest BCUT2D eigenvalue weighted by molar-refractivity contribution is 5.75. The van der Waals surface area contributed by atoms with Crippen LogP contribution in [-0.2, 0) is 17.9 Å². The van der Waals surface area contributed by atoms with E-state index in [9.17, 15) is 4.79 Å². The molecule has 1 amide bonds. The maximum atomic E-state index is 11.3. The van der Waals surface area contributed by atoms with Gasteiger partial charge in [0.25, 0.3) is 0 Å². The minimum atomic E-state index is -0.0705. The quantitative estimate of drug-likeness (QED) is 0.852. The molecule has 0 aliphatic heterocycles. The monoisotopic (exact) mass is 288 g/mol. The second-order valence-electron chi connectivity index (χ2n) is 5.58. The molecule has 1 aliphatic carbocycles. The van der Waals surface area contributed by atoms with Gasteiger partial charge in [0.05, 0.1) is 18.4 Å². The van der Waals surface area contributed by atoms with E-state index < -0.39 is 0 Å². The molecule has 1 aliphatic rings. The van der Waals surface area contributed by atoms with Crippen molar-refractivity contribution < 1.29 is 9.21 Å². The molecule has 2 unspecified atom stereocenters. The molecule has 112 valence electrons. The van der Waals surface area contributed by atoms with Crippen LogP contribution in [0.25, 0.3) is 0 Å². The molecule has 6 heteroatoms. The number of hydrogen-bond donors (Lipinski definition) is 2. The van der Waals surface area contributed by atoms with Crippen molar-refractivity contribution in [3.8, 4) is 0 Å². The van der Waals surface area contributed by atoms with Gasteiger partial charge in [-0.15, -0.1) is 0 Å². The maximum absolute atomic E-state index is 11.3. The Morgan fingerprint density at radius 1 is 1.52 bits per heavy atom. The van der Waals surface area contributed by atoms with E-state index in [1.807, 2.05) is 12.3 Å². The average Bonchev–Trinajstić information content (AvgIpc) is 2.91. The summed E-state index contributed by atoms with van der Waals surface area (Å²) in [5.41, 5.74) is 0.872. The zero-order valence-electron chi connectivity index (χ0n) is 12.3. The Balaban J connectivity index is 1.53. The summed E-state index contributed by atoms with van der Waals surface area (Å²) < 4.78 is 7.43. The zero-order valence-corrected chi connectivity index (χ0v) is 12.3. The number of furan rings is 1. The molecule has 3 rings (SSSR count). The minimum Gasteiger partial charge on any atom is -0.464 e. The highest BCUT2D eigenvalue weighted by atomic mass is 16.3. The van der Waals surface area contributed by atoms with Crippen LogP contribution in [0.3, 0.4) is 0 Å². The molecular formula is C15H20N4O2. The molecule has 2 aromatic heterocycles. The Morgan fingerprint density at radius 2 is 2.33 bits per heavy atom. The molecule has 1 fully saturated rings. The van der Waals surface area contributed by atoms with Gasteiger partial charge < -0.3 is 15.1 Å². The molecule has 2 aromatic rings. The predicted molar refractivity (Wildman–Crippen MR) is 78.9 cm³/mol. The van der Waals surface area contributed by atoms with E-state index >= 15 is 0 Å². The highest BCUT2D eigenvalue weighted by Gasteiger charge is 2.36. The van der Waals surface area contributed by atoms with Gasteiger partial charge >= 0.3 is 0 Å². The standard InChI is InChI=1S/C15H20N4O2/c1-10-5-13(10)14-4-3-12(21-14)7-17-11-6-18-19(8-11)9-15(20)16-2/h3-4,6,8,10,13,17H,5,7,9H2,1-2H3,(H,16,20). The average molecular weight is 288 g/mol. The number of anilines is 1. The topological polar surface area (TPSA) is 72.1 Å². The predicted octanol–water partition coefficient (Wildman–Crippen LogP) is 1.96. The van der Waals surface area contributed by atoms with E-state index in [4.69, 9.17) is 4.42 Å². The van der Waals surface area contributed by atoms with E-state index in [-0.39, 0.29) is 12.5 Å². The maximum Gasteiger partial charge on any atom is 0.241 e. The smallest absolute Gasteiger partial charge is 0.241 e. The van der Waals surface area contributed by atoms with Gasteiger partial charge in [0.2, 0.25) is 5.91 Å². The Hall–Kier alpha value is -2.24. The van der Waals surface area contributed by atoms with Crippen molar-refractivity contribution in [1.82, 2.24) is 15.1 Å². The van der Waals surface area contributed by atoms with E-state index in [0.29, 0.717) is 12.5 Å². The van der Waals surface area contributed by atoms with Crippen LogP contribution in [0, 0.1) is 5.92 Å². The summed E-state index contributed by atoms with van der Waals surface area (Å²) in [6.07, 6.45) is 4.74. The van der Waals surface area contributed by atoms with Crippen LogP contribution in [0.15, 0.2) is 28.9 Å². The fourth-order valence-electron chi connectivity index (χ4n) is 2.36. The van der Waals surface area contributed by atoms with E-state index in [1.165, 1.54) is 6.42 Å². The van der Waals surface area contributed by atoms with Crippen LogP contribution in [0.5, 0.6) is 0 Å². The van der Waals surface area contributed by atoms with Gasteiger partial charge in [-0.2, -0.15) is 5.10 Å². The number of likely N-dealkylation sites (N-methyl/N-ethyl adjacent to an activating group) is 1. The first-order valence-electron chi connectivity index (χ1n) is 7.21. The number of aromatic nitrogens is 2. The molecule has 0 spiro atoms. The minimum absolute atomic E-state index is 0.0705. The number of carbonyl (C=O) groups is 1. The highest BCUT2D eigenvalue weighted by Crippen LogP contribution is 2.47. The molecule has 21 heavy (non-hydrogen) atoms. The van der Waals surface area contributed by atoms with Crippen molar-refractivity contribution in [2.75, 3.05) is 12.4 Å². The molecular weight excluding hydrogens is 268 g/mol. The molecule has 0 radical (unpaired) electrons. The first-order chi connectivity index (χ1) is 10.2. The van der Waals surface area contributed by atoms with Gasteiger partial charge in [-0.3, -0.25) is 9.48 Å². The Labute approximate surface area is 123 Å². The molecule has 0 bridgehead atoms. The Bertz CT molecular complexity index is 631. The van der Waals surface area contributed by atoms with Crippen molar-refractivity contribution >= 4 is 11.6 Å². The number of amides is 1. The summed E-state index contributed by atoms with van der Waals surface area (Å²) in [4.78, 5) is 11.3. The van der Waals surface area contributed by atoms with Crippen LogP contribution < -0.4 is 10.6 Å². The zero-order chi connectivity index (χ0) is 14.8. The van der Waals surface area contributed by atoms with E-state index in [0.717, 1.165) is 23.1 Å². The molecule has 6 nitrogen and oxygen atoms in total. The molecule has 2 N–H and O–H groups in total. The second-order valence-corrected chi connectivity index (χ2v) is 5.58. The first-order valence-corrected chi connectivity index (χ1v) is 7.21. The van der Waals surface area contributed by atoms with Crippen LogP contribution in [0.4, 0.5) is 5.69 Å². The molecule has 2 atom stereocenters. The SMILES string of the molecule is CNC(=O)Cn1cc(NCc2ccc(C3CC3C)o2)cn1. The van der Waals surface area contributed by atoms with Crippen molar-refractivity contribution in [3.63, 3.8) is 0 Å². The van der Waals surface area contributed by atoms with Crippen LogP contribution in [0.1, 0.15) is 30.8 Å². The second kappa shape index (κ2) is 5.63. The third-order valence-electron chi connectivity index (χ3n) is 3.84. The third-order valence-corrected chi connectivity index (χ3v) is 3.84. The number of rotatable bonds is 6. The van der Waals surface area contributed by atoms with E-state index in [1.54, 1.807) is 17.9 Å². The van der Waals surface area contributed by atoms with Crippen LogP contribution in [0.2, 0.25) is 0 Å². The third kappa shape index (κ3) is 3.26. The largest absolute Gasteiger partial charge is 0.464 e. The van der Waals surface area contributed by atoms with E-state index in [2.05, 4.69) is 28.7 Å². The van der Waals surface area contributed by atoms with Crippen molar-refractivity contribution in [3.05, 3.63) is 36.0 Å². The van der Waals surface area contributed by atoms with Gasteiger partial charge in [-0.1, -0.05) is 6.92 Å². The summed E-state index contributed by atoms with van der Waals surface area (Å²) in [5, 5.41) is 9.95. The summed E-state index contributed by atoms with van der Waals surface area (Å²) >= 11 is 0. The fraction of sp³-hybridized carbons (Fsp3) is 0.467. The summed E-state index contributed by atoms with van der Waals surface area (Å²) in [5.74, 6) is 3.30. The molecule has 2 heterocycles. The number of carbonyl (C=O) groups excluding carboxylic acids is 1. The van der Waals surface area contributed by atoms with Crippen LogP contribution >= 0.6 is 0 Å². The fourth-order valence-corrected chi connectivity index (χ4v) is 2.36. The number of nitrogens with zero attached hydrogens (tertiary/aromatic N) is 2. The lowest BCUT2D eigenvalue weighted by Gasteiger charge is -2.01. The first kappa shape index (κ1) is 13.7. The van der Waals surface area contributed by atoms with Gasteiger partial charge in [0.15, 0.2) is 0 Å². The Morgan fingerprint density at radius 3 is 3.05 bits per heavy atom. The summed E-state index contributed by atoms with van der Waals surface area (Å²) in [6.45, 7) is 3.08. The molecule has 0 aromatic carbocycles. The van der Waals surface area contributed by atoms with Crippen molar-refractivity contribution in [2.24, 2.45) is 5.92 Å².